The van der Waals surface area contributed by atoms with E-state index in [0.29, 0.717) is 5.56 Å². The summed E-state index contributed by atoms with van der Waals surface area (Å²) in [6, 6.07) is 7.07. The number of benzene rings is 1. The average Bonchev–Trinajstić information content (AvgIpc) is 2.37. The van der Waals surface area contributed by atoms with Crippen molar-refractivity contribution in [3.63, 3.8) is 0 Å². The van der Waals surface area contributed by atoms with Gasteiger partial charge >= 0.3 is 5.97 Å². The van der Waals surface area contributed by atoms with E-state index in [9.17, 15) is 9.59 Å². The molecule has 0 aliphatic rings. The second kappa shape index (κ2) is 7.66. The number of aliphatic carboxylic acids is 1. The summed E-state index contributed by atoms with van der Waals surface area (Å²) in [4.78, 5) is 22.2. The molecule has 0 fully saturated rings. The molecule has 0 aromatic heterocycles. The van der Waals surface area contributed by atoms with Crippen molar-refractivity contribution in [3.05, 3.63) is 41.5 Å². The van der Waals surface area contributed by atoms with Crippen molar-refractivity contribution in [1.29, 1.82) is 0 Å². The largest absolute Gasteiger partial charge is 0.480 e. The van der Waals surface area contributed by atoms with Gasteiger partial charge in [0.25, 0.3) is 5.91 Å². The lowest BCUT2D eigenvalue weighted by molar-refractivity contribution is -0.135. The number of amides is 1. The molecule has 1 rings (SSSR count). The molecule has 0 aliphatic carbocycles. The van der Waals surface area contributed by atoms with Crippen LogP contribution in [0.15, 0.2) is 30.3 Å². The highest BCUT2D eigenvalue weighted by molar-refractivity contribution is 9.09. The van der Waals surface area contributed by atoms with Crippen LogP contribution < -0.4 is 5.32 Å². The first-order chi connectivity index (χ1) is 8.65. The summed E-state index contributed by atoms with van der Waals surface area (Å²) in [7, 11) is 0. The molecule has 96 valence electrons. The molecular weight excluding hydrogens is 298 g/mol. The van der Waals surface area contributed by atoms with Gasteiger partial charge in [0, 0.05) is 10.9 Å². The number of alkyl halides is 1. The Kier molecular flexibility index (Phi) is 6.14. The Morgan fingerprint density at radius 3 is 2.72 bits per heavy atom. The highest BCUT2D eigenvalue weighted by atomic mass is 79.9. The number of carboxylic acid groups (broad SMARTS) is 1. The molecule has 0 spiro atoms. The number of carbonyl (C=O) groups is 2. The van der Waals surface area contributed by atoms with Gasteiger partial charge < -0.3 is 10.4 Å². The molecule has 0 atom stereocenters. The number of halogens is 1. The lowest BCUT2D eigenvalue weighted by Crippen LogP contribution is -2.29. The number of carbonyl (C=O) groups excluding carboxylic acids is 1. The Bertz CT molecular complexity index is 457. The number of carboxylic acids is 1. The van der Waals surface area contributed by atoms with E-state index >= 15 is 0 Å². The van der Waals surface area contributed by atoms with Crippen LogP contribution in [0.2, 0.25) is 0 Å². The maximum absolute atomic E-state index is 11.8. The highest BCUT2D eigenvalue weighted by Crippen LogP contribution is 2.11. The Morgan fingerprint density at radius 2 is 2.06 bits per heavy atom. The van der Waals surface area contributed by atoms with Gasteiger partial charge in [-0.15, -0.1) is 0 Å². The fraction of sp³-hybridized carbons (Fsp3) is 0.231. The second-order valence-corrected chi connectivity index (χ2v) is 4.34. The van der Waals surface area contributed by atoms with Crippen LogP contribution in [0.5, 0.6) is 0 Å². The van der Waals surface area contributed by atoms with Crippen LogP contribution in [-0.2, 0) is 4.79 Å². The van der Waals surface area contributed by atoms with Crippen LogP contribution >= 0.6 is 15.9 Å². The first-order valence-corrected chi connectivity index (χ1v) is 6.59. The van der Waals surface area contributed by atoms with Crippen LogP contribution in [0.4, 0.5) is 0 Å². The molecule has 1 aromatic rings. The van der Waals surface area contributed by atoms with Crippen LogP contribution in [-0.4, -0.2) is 28.9 Å². The van der Waals surface area contributed by atoms with Gasteiger partial charge in [-0.25, -0.2) is 0 Å². The van der Waals surface area contributed by atoms with E-state index in [4.69, 9.17) is 5.11 Å². The zero-order valence-electron chi connectivity index (χ0n) is 9.73. The van der Waals surface area contributed by atoms with Crippen LogP contribution in [0.25, 0.3) is 6.08 Å². The average molecular weight is 312 g/mol. The predicted octanol–water partition coefficient (Wildman–Crippen LogP) is 2.30. The molecule has 18 heavy (non-hydrogen) atoms. The smallest absolute Gasteiger partial charge is 0.322 e. The topological polar surface area (TPSA) is 66.4 Å². The van der Waals surface area contributed by atoms with Crippen LogP contribution in [0.3, 0.4) is 0 Å². The van der Waals surface area contributed by atoms with E-state index < -0.39 is 5.97 Å². The summed E-state index contributed by atoms with van der Waals surface area (Å²) < 4.78 is 0. The van der Waals surface area contributed by atoms with E-state index in [1.165, 1.54) is 0 Å². The molecule has 0 saturated carbocycles. The number of hydrogen-bond acceptors (Lipinski definition) is 2. The van der Waals surface area contributed by atoms with Crippen molar-refractivity contribution in [1.82, 2.24) is 5.32 Å². The normalized spacial score (nSPS) is 10.5. The Hall–Kier alpha value is -1.62. The minimum atomic E-state index is -1.06. The van der Waals surface area contributed by atoms with E-state index in [2.05, 4.69) is 21.2 Å². The van der Waals surface area contributed by atoms with Gasteiger partial charge in [-0.05, 0) is 18.1 Å². The van der Waals surface area contributed by atoms with Crippen LogP contribution in [0.1, 0.15) is 22.3 Å². The van der Waals surface area contributed by atoms with E-state index in [0.717, 1.165) is 17.3 Å². The van der Waals surface area contributed by atoms with Gasteiger partial charge in [0.05, 0.1) is 0 Å². The molecule has 5 heteroatoms. The van der Waals surface area contributed by atoms with E-state index in [1.54, 1.807) is 12.1 Å². The molecule has 0 radical (unpaired) electrons. The van der Waals surface area contributed by atoms with Gasteiger partial charge in [0.15, 0.2) is 0 Å². The Balaban J connectivity index is 2.80. The van der Waals surface area contributed by atoms with Gasteiger partial charge in [0.1, 0.15) is 6.54 Å². The summed E-state index contributed by atoms with van der Waals surface area (Å²) in [5.74, 6) is -1.44. The molecule has 0 aliphatic heterocycles. The molecule has 1 aromatic carbocycles. The van der Waals surface area contributed by atoms with Crippen molar-refractivity contribution in [2.75, 3.05) is 11.9 Å². The number of rotatable bonds is 6. The third-order valence-electron chi connectivity index (χ3n) is 2.18. The van der Waals surface area contributed by atoms with Gasteiger partial charge in [-0.2, -0.15) is 0 Å². The standard InChI is InChI=1S/C13H14BrNO3/c14-8-4-3-6-10-5-1-2-7-11(10)13(18)15-9-12(16)17/h1-3,5-7H,4,8-9H2,(H,15,18)(H,16,17). The monoisotopic (exact) mass is 311 g/mol. The molecule has 2 N–H and O–H groups in total. The minimum Gasteiger partial charge on any atom is -0.480 e. The first-order valence-electron chi connectivity index (χ1n) is 5.46. The van der Waals surface area contributed by atoms with Crippen molar-refractivity contribution >= 4 is 33.9 Å². The van der Waals surface area contributed by atoms with E-state index in [1.807, 2.05) is 24.3 Å². The lowest BCUT2D eigenvalue weighted by atomic mass is 10.1. The first kappa shape index (κ1) is 14.4. The summed E-state index contributed by atoms with van der Waals surface area (Å²) in [5, 5.41) is 11.7. The van der Waals surface area contributed by atoms with E-state index in [-0.39, 0.29) is 12.5 Å². The molecule has 0 unspecified atom stereocenters. The maximum Gasteiger partial charge on any atom is 0.322 e. The van der Waals surface area contributed by atoms with Gasteiger partial charge in [0.2, 0.25) is 0 Å². The minimum absolute atomic E-state index is 0.377. The summed E-state index contributed by atoms with van der Waals surface area (Å²) >= 11 is 3.32. The SMILES string of the molecule is O=C(O)CNC(=O)c1ccccc1C=CCCBr. The maximum atomic E-state index is 11.8. The molecule has 0 saturated heterocycles. The predicted molar refractivity (Wildman–Crippen MR) is 73.9 cm³/mol. The lowest BCUT2D eigenvalue weighted by Gasteiger charge is -2.05. The summed E-state index contributed by atoms with van der Waals surface area (Å²) in [6.45, 7) is -0.377. The van der Waals surface area contributed by atoms with Gasteiger partial charge in [-0.1, -0.05) is 46.3 Å². The molecular formula is C13H14BrNO3. The zero-order valence-corrected chi connectivity index (χ0v) is 11.3. The number of nitrogens with one attached hydrogen (secondary N) is 1. The summed E-state index contributed by atoms with van der Waals surface area (Å²) in [6.07, 6.45) is 4.68. The van der Waals surface area contributed by atoms with Crippen molar-refractivity contribution in [3.8, 4) is 0 Å². The Morgan fingerprint density at radius 1 is 1.33 bits per heavy atom. The van der Waals surface area contributed by atoms with Gasteiger partial charge in [-0.3, -0.25) is 9.59 Å². The third kappa shape index (κ3) is 4.71. The fourth-order valence-corrected chi connectivity index (χ4v) is 1.64. The number of allylic oxidation sites excluding steroid dienone is 1. The Labute approximate surface area is 114 Å². The quantitative estimate of drug-likeness (QED) is 0.792. The van der Waals surface area contributed by atoms with Crippen molar-refractivity contribution in [2.24, 2.45) is 0 Å². The zero-order chi connectivity index (χ0) is 13.4. The summed E-state index contributed by atoms with van der Waals surface area (Å²) in [5.41, 5.74) is 1.26. The van der Waals surface area contributed by atoms with Crippen molar-refractivity contribution < 1.29 is 14.7 Å². The molecule has 4 nitrogen and oxygen atoms in total. The molecule has 0 heterocycles. The molecule has 0 bridgehead atoms. The fourth-order valence-electron chi connectivity index (χ4n) is 1.37. The third-order valence-corrected chi connectivity index (χ3v) is 2.64. The highest BCUT2D eigenvalue weighted by Gasteiger charge is 2.09. The second-order valence-electron chi connectivity index (χ2n) is 3.54. The molecule has 1 amide bonds. The van der Waals surface area contributed by atoms with Crippen molar-refractivity contribution in [2.45, 2.75) is 6.42 Å². The van der Waals surface area contributed by atoms with Crippen LogP contribution in [0, 0.1) is 0 Å². The number of hydrogen-bond donors (Lipinski definition) is 2.